The minimum atomic E-state index is -4.43. The van der Waals surface area contributed by atoms with Crippen molar-refractivity contribution in [2.24, 2.45) is 0 Å². The minimum absolute atomic E-state index is 0.0830. The Hall–Kier alpha value is -3.56. The number of carbonyl (C=O) groups excluding carboxylic acids is 1. The van der Waals surface area contributed by atoms with Crippen LogP contribution in [0.5, 0.6) is 11.5 Å². The van der Waals surface area contributed by atoms with E-state index in [-0.39, 0.29) is 30.7 Å². The summed E-state index contributed by atoms with van der Waals surface area (Å²) in [5, 5.41) is 4.01. The molecule has 2 aromatic carbocycles. The van der Waals surface area contributed by atoms with Gasteiger partial charge in [-0.3, -0.25) is 4.79 Å². The molecule has 1 atom stereocenters. The number of amides is 1. The van der Waals surface area contributed by atoms with Gasteiger partial charge in [0.25, 0.3) is 5.89 Å². The lowest BCUT2D eigenvalue weighted by Crippen LogP contribution is -2.24. The lowest BCUT2D eigenvalue weighted by molar-refractivity contribution is -0.137. The molecule has 0 saturated carbocycles. The third kappa shape index (κ3) is 4.39. The lowest BCUT2D eigenvalue weighted by atomic mass is 10.1. The van der Waals surface area contributed by atoms with E-state index in [0.717, 1.165) is 12.1 Å². The van der Waals surface area contributed by atoms with E-state index in [0.29, 0.717) is 35.0 Å². The zero-order chi connectivity index (χ0) is 22.9. The topological polar surface area (TPSA) is 77.7 Å². The molecule has 1 saturated heterocycles. The Balaban J connectivity index is 1.48. The van der Waals surface area contributed by atoms with E-state index in [9.17, 15) is 18.0 Å². The summed E-state index contributed by atoms with van der Waals surface area (Å²) < 4.78 is 54.7. The second kappa shape index (κ2) is 8.52. The van der Waals surface area contributed by atoms with Gasteiger partial charge in [-0.1, -0.05) is 17.3 Å². The third-order valence-corrected chi connectivity index (χ3v) is 5.28. The third-order valence-electron chi connectivity index (χ3n) is 5.28. The van der Waals surface area contributed by atoms with Crippen LogP contribution in [0.15, 0.2) is 47.0 Å². The Kier molecular flexibility index (Phi) is 5.77. The zero-order valence-electron chi connectivity index (χ0n) is 17.3. The van der Waals surface area contributed by atoms with Crippen LogP contribution in [0.25, 0.3) is 11.5 Å². The van der Waals surface area contributed by atoms with Gasteiger partial charge in [-0.2, -0.15) is 18.2 Å². The number of halogens is 3. The normalized spacial score (nSPS) is 16.5. The van der Waals surface area contributed by atoms with Crippen LogP contribution in [-0.2, 0) is 17.5 Å². The summed E-state index contributed by atoms with van der Waals surface area (Å²) in [7, 11) is 3.05. The average molecular weight is 447 g/mol. The summed E-state index contributed by atoms with van der Waals surface area (Å²) in [6.45, 7) is 0.375. The lowest BCUT2D eigenvalue weighted by Gasteiger charge is -2.17. The predicted molar refractivity (Wildman–Crippen MR) is 107 cm³/mol. The van der Waals surface area contributed by atoms with Gasteiger partial charge >= 0.3 is 6.18 Å². The van der Waals surface area contributed by atoms with E-state index in [1.54, 1.807) is 24.3 Å². The number of ether oxygens (including phenoxy) is 2. The van der Waals surface area contributed by atoms with Crippen LogP contribution in [0.3, 0.4) is 0 Å². The Morgan fingerprint density at radius 2 is 1.91 bits per heavy atom. The summed E-state index contributed by atoms with van der Waals surface area (Å²) in [6.07, 6.45) is -4.28. The van der Waals surface area contributed by atoms with Gasteiger partial charge in [-0.15, -0.1) is 0 Å². The van der Waals surface area contributed by atoms with Crippen LogP contribution < -0.4 is 9.47 Å². The molecule has 0 spiro atoms. The highest BCUT2D eigenvalue weighted by Gasteiger charge is 2.35. The molecule has 1 fully saturated rings. The van der Waals surface area contributed by atoms with Crippen molar-refractivity contribution in [2.75, 3.05) is 20.8 Å². The zero-order valence-corrected chi connectivity index (χ0v) is 17.3. The average Bonchev–Trinajstić information content (AvgIpc) is 3.40. The molecule has 1 amide bonds. The van der Waals surface area contributed by atoms with Crippen molar-refractivity contribution < 1.29 is 32.0 Å². The molecule has 1 unspecified atom stereocenters. The van der Waals surface area contributed by atoms with E-state index in [1.165, 1.54) is 25.2 Å². The van der Waals surface area contributed by atoms with Crippen molar-refractivity contribution in [3.63, 3.8) is 0 Å². The number of benzene rings is 2. The van der Waals surface area contributed by atoms with Crippen LogP contribution in [-0.4, -0.2) is 41.7 Å². The maximum Gasteiger partial charge on any atom is 0.416 e. The van der Waals surface area contributed by atoms with E-state index in [4.69, 9.17) is 14.0 Å². The summed E-state index contributed by atoms with van der Waals surface area (Å²) >= 11 is 0. The van der Waals surface area contributed by atoms with Crippen LogP contribution >= 0.6 is 0 Å². The molecule has 0 radical (unpaired) electrons. The molecule has 0 aliphatic carbocycles. The number of likely N-dealkylation sites (tertiary alicyclic amines) is 1. The smallest absolute Gasteiger partial charge is 0.416 e. The maximum atomic E-state index is 13.0. The molecule has 7 nitrogen and oxygen atoms in total. The molecule has 0 bridgehead atoms. The number of nitrogens with zero attached hydrogens (tertiary/aromatic N) is 3. The first-order valence-electron chi connectivity index (χ1n) is 9.78. The van der Waals surface area contributed by atoms with Crippen LogP contribution in [0, 0.1) is 0 Å². The van der Waals surface area contributed by atoms with Crippen LogP contribution in [0.2, 0.25) is 0 Å². The molecule has 0 N–H and O–H groups in total. The molecule has 10 heteroatoms. The predicted octanol–water partition coefficient (Wildman–Crippen LogP) is 4.29. The number of alkyl halides is 3. The molecule has 1 aromatic heterocycles. The van der Waals surface area contributed by atoms with Gasteiger partial charge in [-0.05, 0) is 35.9 Å². The fraction of sp³-hybridized carbons (Fsp3) is 0.318. The molecule has 2 heterocycles. The highest BCUT2D eigenvalue weighted by Crippen LogP contribution is 2.34. The van der Waals surface area contributed by atoms with Gasteiger partial charge in [0.1, 0.15) is 0 Å². The van der Waals surface area contributed by atoms with E-state index >= 15 is 0 Å². The van der Waals surface area contributed by atoms with E-state index in [2.05, 4.69) is 10.1 Å². The number of hydrogen-bond acceptors (Lipinski definition) is 6. The second-order valence-electron chi connectivity index (χ2n) is 7.40. The molecule has 1 aliphatic heterocycles. The maximum absolute atomic E-state index is 13.0. The number of methoxy groups -OCH3 is 2. The standard InChI is InChI=1S/C22H20F3N3O4/c1-30-17-7-6-14(9-18(17)31-2)21-26-20(27-32-21)15-10-19(29)28(12-15)11-13-4-3-5-16(8-13)22(23,24)25/h3-9,15H,10-12H2,1-2H3. The van der Waals surface area contributed by atoms with Gasteiger partial charge in [-0.25, -0.2) is 0 Å². The van der Waals surface area contributed by atoms with Crippen LogP contribution in [0.1, 0.15) is 29.3 Å². The highest BCUT2D eigenvalue weighted by molar-refractivity contribution is 5.79. The molecule has 168 valence electrons. The molecule has 3 aromatic rings. The summed E-state index contributed by atoms with van der Waals surface area (Å²) in [6, 6.07) is 10.1. The minimum Gasteiger partial charge on any atom is -0.493 e. The fourth-order valence-electron chi connectivity index (χ4n) is 3.65. The Morgan fingerprint density at radius 1 is 1.12 bits per heavy atom. The number of rotatable bonds is 6. The number of aromatic nitrogens is 2. The van der Waals surface area contributed by atoms with Gasteiger partial charge in [0.15, 0.2) is 17.3 Å². The molecular weight excluding hydrogens is 427 g/mol. The Morgan fingerprint density at radius 3 is 2.62 bits per heavy atom. The van der Waals surface area contributed by atoms with E-state index in [1.807, 2.05) is 0 Å². The van der Waals surface area contributed by atoms with Crippen molar-refractivity contribution in [1.82, 2.24) is 15.0 Å². The second-order valence-corrected chi connectivity index (χ2v) is 7.40. The first-order valence-corrected chi connectivity index (χ1v) is 9.78. The number of carbonyl (C=O) groups is 1. The van der Waals surface area contributed by atoms with Gasteiger partial charge in [0, 0.05) is 31.0 Å². The first kappa shape index (κ1) is 21.7. The number of hydrogen-bond donors (Lipinski definition) is 0. The monoisotopic (exact) mass is 447 g/mol. The molecular formula is C22H20F3N3O4. The highest BCUT2D eigenvalue weighted by atomic mass is 19.4. The molecule has 4 rings (SSSR count). The summed E-state index contributed by atoms with van der Waals surface area (Å²) in [5.41, 5.74) is 0.301. The molecule has 32 heavy (non-hydrogen) atoms. The molecule has 1 aliphatic rings. The van der Waals surface area contributed by atoms with Crippen LogP contribution in [0.4, 0.5) is 13.2 Å². The van der Waals surface area contributed by atoms with Crippen molar-refractivity contribution >= 4 is 5.91 Å². The van der Waals surface area contributed by atoms with Gasteiger partial charge in [0.05, 0.1) is 19.8 Å². The van der Waals surface area contributed by atoms with Crippen molar-refractivity contribution in [3.8, 4) is 23.0 Å². The quantitative estimate of drug-likeness (QED) is 0.561. The Labute approximate surface area is 181 Å². The van der Waals surface area contributed by atoms with Crippen molar-refractivity contribution in [3.05, 3.63) is 59.4 Å². The van der Waals surface area contributed by atoms with E-state index < -0.39 is 11.7 Å². The summed E-state index contributed by atoms with van der Waals surface area (Å²) in [4.78, 5) is 18.4. The Bertz CT molecular complexity index is 1130. The summed E-state index contributed by atoms with van der Waals surface area (Å²) in [5.74, 6) is 1.21. The van der Waals surface area contributed by atoms with Gasteiger partial charge < -0.3 is 18.9 Å². The SMILES string of the molecule is COc1ccc(-c2nc(C3CC(=O)N(Cc4cccc(C(F)(F)F)c4)C3)no2)cc1OC. The first-order chi connectivity index (χ1) is 15.3. The fourth-order valence-corrected chi connectivity index (χ4v) is 3.65. The largest absolute Gasteiger partial charge is 0.493 e. The van der Waals surface area contributed by atoms with Gasteiger partial charge in [0.2, 0.25) is 5.91 Å². The van der Waals surface area contributed by atoms with Crippen molar-refractivity contribution in [1.29, 1.82) is 0 Å². The van der Waals surface area contributed by atoms with Crippen molar-refractivity contribution in [2.45, 2.75) is 25.1 Å².